The summed E-state index contributed by atoms with van der Waals surface area (Å²) in [7, 11) is 0. The highest BCUT2D eigenvalue weighted by atomic mass is 14.7. The molecule has 0 aliphatic carbocycles. The molecule has 0 fully saturated rings. The molecule has 1 aromatic heterocycles. The van der Waals surface area contributed by atoms with Gasteiger partial charge in [0, 0.05) is 22.2 Å². The fourth-order valence-corrected chi connectivity index (χ4v) is 3.29. The Morgan fingerprint density at radius 1 is 0.840 bits per heavy atom. The van der Waals surface area contributed by atoms with E-state index in [0.717, 1.165) is 33.3 Å². The van der Waals surface area contributed by atoms with Crippen molar-refractivity contribution < 1.29 is 0 Å². The first kappa shape index (κ1) is 15.0. The lowest BCUT2D eigenvalue weighted by molar-refractivity contribution is 1.05. The number of hydrogen-bond donors (Lipinski definition) is 2. The molecule has 1 atom stereocenters. The molecule has 120 valence electrons. The Labute approximate surface area is 146 Å². The van der Waals surface area contributed by atoms with Crippen LogP contribution in [0.1, 0.15) is 17.0 Å². The van der Waals surface area contributed by atoms with Crippen LogP contribution in [0, 0.1) is 11.3 Å². The van der Waals surface area contributed by atoms with Crippen LogP contribution >= 0.6 is 0 Å². The number of benzene rings is 3. The molecular weight excluding hydrogens is 306 g/mol. The summed E-state index contributed by atoms with van der Waals surface area (Å²) in [6.45, 7) is 0. The van der Waals surface area contributed by atoms with Gasteiger partial charge in [0.2, 0.25) is 0 Å². The highest BCUT2D eigenvalue weighted by molar-refractivity contribution is 5.92. The molecule has 4 rings (SSSR count). The summed E-state index contributed by atoms with van der Waals surface area (Å²) in [6.07, 6.45) is 0. The van der Waals surface area contributed by atoms with Gasteiger partial charge in [0.05, 0.1) is 17.7 Å². The maximum atomic E-state index is 9.96. The van der Waals surface area contributed by atoms with Crippen LogP contribution in [-0.2, 0) is 0 Å². The number of anilines is 1. The number of nitriles is 1. The molecule has 0 spiro atoms. The molecule has 0 saturated heterocycles. The molecule has 0 saturated carbocycles. The minimum atomic E-state index is -0.369. The topological polar surface area (TPSA) is 65.6 Å². The van der Waals surface area contributed by atoms with Crippen molar-refractivity contribution in [2.24, 2.45) is 0 Å². The van der Waals surface area contributed by atoms with Crippen LogP contribution < -0.4 is 5.73 Å². The van der Waals surface area contributed by atoms with E-state index in [-0.39, 0.29) is 5.92 Å². The molecule has 0 radical (unpaired) electrons. The highest BCUT2D eigenvalue weighted by Crippen LogP contribution is 2.38. The van der Waals surface area contributed by atoms with E-state index in [4.69, 9.17) is 5.73 Å². The molecule has 3 N–H and O–H groups in total. The number of nitrogens with one attached hydrogen (secondary N) is 1. The number of H-pyrrole nitrogens is 1. The largest absolute Gasteiger partial charge is 0.399 e. The highest BCUT2D eigenvalue weighted by Gasteiger charge is 2.23. The average Bonchev–Trinajstić information content (AvgIpc) is 3.04. The minimum absolute atomic E-state index is 0.369. The maximum absolute atomic E-state index is 9.96. The summed E-state index contributed by atoms with van der Waals surface area (Å²) in [5.74, 6) is -0.369. The third-order valence-electron chi connectivity index (χ3n) is 4.50. The Kier molecular flexibility index (Phi) is 3.72. The number of fused-ring (bicyclic) bond motifs is 1. The molecule has 0 amide bonds. The monoisotopic (exact) mass is 323 g/mol. The summed E-state index contributed by atoms with van der Waals surface area (Å²) in [5, 5.41) is 11.0. The smallest absolute Gasteiger partial charge is 0.0989 e. The molecular formula is C22H17N3. The van der Waals surface area contributed by atoms with Crippen molar-refractivity contribution in [3.63, 3.8) is 0 Å². The third-order valence-corrected chi connectivity index (χ3v) is 4.50. The standard InChI is InChI=1S/C22H17N3/c23-14-19(15-10-12-17(24)13-11-15)21-18-8-4-5-9-20(18)25-22(21)16-6-2-1-3-7-16/h1-13,19,25H,24H2. The first-order valence-electron chi connectivity index (χ1n) is 8.19. The van der Waals surface area contributed by atoms with E-state index in [1.54, 1.807) is 0 Å². The minimum Gasteiger partial charge on any atom is -0.399 e. The van der Waals surface area contributed by atoms with Gasteiger partial charge >= 0.3 is 0 Å². The van der Waals surface area contributed by atoms with Gasteiger partial charge in [-0.1, -0.05) is 60.7 Å². The van der Waals surface area contributed by atoms with Crippen LogP contribution in [0.2, 0.25) is 0 Å². The Morgan fingerprint density at radius 3 is 2.24 bits per heavy atom. The van der Waals surface area contributed by atoms with Crippen molar-refractivity contribution in [1.82, 2.24) is 4.98 Å². The molecule has 0 bridgehead atoms. The zero-order chi connectivity index (χ0) is 17.2. The normalized spacial score (nSPS) is 12.0. The molecule has 3 nitrogen and oxygen atoms in total. The van der Waals surface area contributed by atoms with E-state index in [1.807, 2.05) is 60.7 Å². The van der Waals surface area contributed by atoms with Gasteiger partial charge in [0.1, 0.15) is 0 Å². The summed E-state index contributed by atoms with van der Waals surface area (Å²) in [5.41, 5.74) is 11.6. The number of para-hydroxylation sites is 1. The number of nitrogens with zero attached hydrogens (tertiary/aromatic N) is 1. The van der Waals surface area contributed by atoms with E-state index in [2.05, 4.69) is 29.3 Å². The van der Waals surface area contributed by atoms with E-state index in [0.29, 0.717) is 5.69 Å². The number of nitrogen functional groups attached to an aromatic ring is 1. The molecule has 4 aromatic rings. The maximum Gasteiger partial charge on any atom is 0.0989 e. The van der Waals surface area contributed by atoms with Gasteiger partial charge in [-0.15, -0.1) is 0 Å². The predicted molar refractivity (Wildman–Crippen MR) is 102 cm³/mol. The SMILES string of the molecule is N#CC(c1ccc(N)cc1)c1c(-c2ccccc2)[nH]c2ccccc12. The van der Waals surface area contributed by atoms with Gasteiger partial charge in [-0.2, -0.15) is 5.26 Å². The van der Waals surface area contributed by atoms with Crippen LogP contribution in [-0.4, -0.2) is 4.98 Å². The van der Waals surface area contributed by atoms with E-state index >= 15 is 0 Å². The second kappa shape index (κ2) is 6.18. The first-order valence-corrected chi connectivity index (χ1v) is 8.19. The van der Waals surface area contributed by atoms with E-state index in [9.17, 15) is 5.26 Å². The van der Waals surface area contributed by atoms with E-state index in [1.165, 1.54) is 0 Å². The second-order valence-electron chi connectivity index (χ2n) is 6.05. The molecule has 0 aliphatic heterocycles. The lowest BCUT2D eigenvalue weighted by atomic mass is 9.88. The van der Waals surface area contributed by atoms with E-state index < -0.39 is 0 Å². The van der Waals surface area contributed by atoms with Crippen molar-refractivity contribution in [2.45, 2.75) is 5.92 Å². The van der Waals surface area contributed by atoms with Crippen molar-refractivity contribution in [1.29, 1.82) is 5.26 Å². The van der Waals surface area contributed by atoms with Gasteiger partial charge in [-0.25, -0.2) is 0 Å². The van der Waals surface area contributed by atoms with Crippen molar-refractivity contribution in [3.8, 4) is 17.3 Å². The van der Waals surface area contributed by atoms with Crippen LogP contribution in [0.4, 0.5) is 5.69 Å². The molecule has 3 aromatic carbocycles. The average molecular weight is 323 g/mol. The van der Waals surface area contributed by atoms with Gasteiger partial charge in [0.15, 0.2) is 0 Å². The van der Waals surface area contributed by atoms with Gasteiger partial charge in [0.25, 0.3) is 0 Å². The number of hydrogen-bond acceptors (Lipinski definition) is 2. The Balaban J connectivity index is 1.99. The molecule has 25 heavy (non-hydrogen) atoms. The first-order chi connectivity index (χ1) is 12.3. The number of aromatic nitrogens is 1. The summed E-state index contributed by atoms with van der Waals surface area (Å²) >= 11 is 0. The summed E-state index contributed by atoms with van der Waals surface area (Å²) < 4.78 is 0. The Bertz CT molecular complexity index is 1050. The van der Waals surface area contributed by atoms with Crippen LogP contribution in [0.3, 0.4) is 0 Å². The molecule has 3 heteroatoms. The van der Waals surface area contributed by atoms with Crippen LogP contribution in [0.25, 0.3) is 22.2 Å². The molecule has 0 aliphatic rings. The van der Waals surface area contributed by atoms with Gasteiger partial charge < -0.3 is 10.7 Å². The quantitative estimate of drug-likeness (QED) is 0.517. The Morgan fingerprint density at radius 2 is 1.52 bits per heavy atom. The zero-order valence-corrected chi connectivity index (χ0v) is 13.6. The van der Waals surface area contributed by atoms with Gasteiger partial charge in [-0.3, -0.25) is 0 Å². The number of nitrogens with two attached hydrogens (primary N) is 1. The van der Waals surface area contributed by atoms with Gasteiger partial charge in [-0.05, 0) is 29.3 Å². The fourth-order valence-electron chi connectivity index (χ4n) is 3.29. The number of aromatic amines is 1. The molecule has 1 heterocycles. The van der Waals surface area contributed by atoms with Crippen molar-refractivity contribution >= 4 is 16.6 Å². The summed E-state index contributed by atoms with van der Waals surface area (Å²) in [4.78, 5) is 3.50. The lowest BCUT2D eigenvalue weighted by Gasteiger charge is -2.12. The molecule has 1 unspecified atom stereocenters. The van der Waals surface area contributed by atoms with Crippen LogP contribution in [0.5, 0.6) is 0 Å². The second-order valence-corrected chi connectivity index (χ2v) is 6.05. The summed E-state index contributed by atoms with van der Waals surface area (Å²) in [6, 6.07) is 28.3. The lowest BCUT2D eigenvalue weighted by Crippen LogP contribution is -2.00. The van der Waals surface area contributed by atoms with Crippen molar-refractivity contribution in [2.75, 3.05) is 5.73 Å². The number of rotatable bonds is 3. The Hall–Kier alpha value is -3.51. The fraction of sp³-hybridized carbons (Fsp3) is 0.0455. The third kappa shape index (κ3) is 2.64. The predicted octanol–water partition coefficient (Wildman–Crippen LogP) is 5.07. The van der Waals surface area contributed by atoms with Crippen molar-refractivity contribution in [3.05, 3.63) is 90.0 Å². The zero-order valence-electron chi connectivity index (χ0n) is 13.6. The van der Waals surface area contributed by atoms with Crippen LogP contribution in [0.15, 0.2) is 78.9 Å².